The highest BCUT2D eigenvalue weighted by atomic mass is 16.6. The molecule has 110 valence electrons. The molecular formula is C17H20N2O2. The van der Waals surface area contributed by atoms with E-state index in [1.54, 1.807) is 0 Å². The van der Waals surface area contributed by atoms with Gasteiger partial charge in [-0.2, -0.15) is 0 Å². The SMILES string of the molecule is Cc1cc(C)cc(N(C)c2cc3c(cc2N)OCCO3)c1. The second-order valence-corrected chi connectivity index (χ2v) is 5.46. The molecule has 1 aliphatic heterocycles. The van der Waals surface area contributed by atoms with Gasteiger partial charge in [0.05, 0.1) is 11.4 Å². The molecule has 0 unspecified atom stereocenters. The summed E-state index contributed by atoms with van der Waals surface area (Å²) < 4.78 is 11.2. The highest BCUT2D eigenvalue weighted by Crippen LogP contribution is 2.40. The van der Waals surface area contributed by atoms with Crippen molar-refractivity contribution in [3.8, 4) is 11.5 Å². The van der Waals surface area contributed by atoms with Crippen molar-refractivity contribution in [1.82, 2.24) is 0 Å². The van der Waals surface area contributed by atoms with Crippen LogP contribution in [-0.2, 0) is 0 Å². The van der Waals surface area contributed by atoms with E-state index in [4.69, 9.17) is 15.2 Å². The van der Waals surface area contributed by atoms with E-state index in [-0.39, 0.29) is 0 Å². The number of hydrogen-bond donors (Lipinski definition) is 1. The molecule has 0 saturated carbocycles. The average molecular weight is 284 g/mol. The first-order chi connectivity index (χ1) is 10.0. The number of ether oxygens (including phenoxy) is 2. The monoisotopic (exact) mass is 284 g/mol. The Morgan fingerprint density at radius 2 is 1.48 bits per heavy atom. The van der Waals surface area contributed by atoms with Crippen LogP contribution in [0.3, 0.4) is 0 Å². The summed E-state index contributed by atoms with van der Waals surface area (Å²) in [7, 11) is 2.01. The van der Waals surface area contributed by atoms with E-state index in [9.17, 15) is 0 Å². The van der Waals surface area contributed by atoms with Crippen LogP contribution in [0.2, 0.25) is 0 Å². The van der Waals surface area contributed by atoms with Crippen molar-refractivity contribution in [1.29, 1.82) is 0 Å². The molecule has 0 fully saturated rings. The minimum absolute atomic E-state index is 0.568. The van der Waals surface area contributed by atoms with Gasteiger partial charge in [0.2, 0.25) is 0 Å². The first-order valence-electron chi connectivity index (χ1n) is 7.06. The van der Waals surface area contributed by atoms with Crippen LogP contribution in [0.15, 0.2) is 30.3 Å². The molecule has 2 aromatic carbocycles. The fourth-order valence-corrected chi connectivity index (χ4v) is 2.67. The van der Waals surface area contributed by atoms with Crippen molar-refractivity contribution in [2.24, 2.45) is 0 Å². The molecule has 0 bridgehead atoms. The van der Waals surface area contributed by atoms with Crippen molar-refractivity contribution in [3.05, 3.63) is 41.5 Å². The maximum Gasteiger partial charge on any atom is 0.163 e. The van der Waals surface area contributed by atoms with E-state index in [0.717, 1.165) is 22.9 Å². The smallest absolute Gasteiger partial charge is 0.163 e. The lowest BCUT2D eigenvalue weighted by atomic mass is 10.1. The third kappa shape index (κ3) is 2.61. The van der Waals surface area contributed by atoms with Crippen LogP contribution in [0.1, 0.15) is 11.1 Å². The Morgan fingerprint density at radius 1 is 0.905 bits per heavy atom. The van der Waals surface area contributed by atoms with Crippen LogP contribution in [0.5, 0.6) is 11.5 Å². The number of hydrogen-bond acceptors (Lipinski definition) is 4. The summed E-state index contributed by atoms with van der Waals surface area (Å²) in [6.07, 6.45) is 0. The van der Waals surface area contributed by atoms with E-state index < -0.39 is 0 Å². The zero-order valence-corrected chi connectivity index (χ0v) is 12.6. The normalized spacial score (nSPS) is 13.1. The van der Waals surface area contributed by atoms with Crippen LogP contribution < -0.4 is 20.1 Å². The first kappa shape index (κ1) is 13.6. The summed E-state index contributed by atoms with van der Waals surface area (Å²) >= 11 is 0. The molecule has 2 aromatic rings. The van der Waals surface area contributed by atoms with Gasteiger partial charge in [0.1, 0.15) is 13.2 Å². The lowest BCUT2D eigenvalue weighted by Crippen LogP contribution is -2.17. The van der Waals surface area contributed by atoms with Gasteiger partial charge in [-0.05, 0) is 37.1 Å². The Morgan fingerprint density at radius 3 is 2.10 bits per heavy atom. The van der Waals surface area contributed by atoms with Gasteiger partial charge in [0.15, 0.2) is 11.5 Å². The van der Waals surface area contributed by atoms with Crippen molar-refractivity contribution in [2.45, 2.75) is 13.8 Å². The number of nitrogens with zero attached hydrogens (tertiary/aromatic N) is 1. The van der Waals surface area contributed by atoms with Gasteiger partial charge in [-0.1, -0.05) is 6.07 Å². The van der Waals surface area contributed by atoms with Crippen LogP contribution in [0.4, 0.5) is 17.1 Å². The Balaban J connectivity index is 2.02. The molecule has 0 spiro atoms. The molecule has 1 heterocycles. The summed E-state index contributed by atoms with van der Waals surface area (Å²) in [5.74, 6) is 1.47. The van der Waals surface area contributed by atoms with Gasteiger partial charge in [0, 0.05) is 24.9 Å². The number of aryl methyl sites for hydroxylation is 2. The predicted octanol–water partition coefficient (Wildman–Crippen LogP) is 3.42. The van der Waals surface area contributed by atoms with Gasteiger partial charge in [0.25, 0.3) is 0 Å². The van der Waals surface area contributed by atoms with Crippen LogP contribution >= 0.6 is 0 Å². The molecule has 2 N–H and O–H groups in total. The molecular weight excluding hydrogens is 264 g/mol. The molecule has 0 radical (unpaired) electrons. The van der Waals surface area contributed by atoms with Gasteiger partial charge >= 0.3 is 0 Å². The summed E-state index contributed by atoms with van der Waals surface area (Å²) in [4.78, 5) is 2.08. The molecule has 4 nitrogen and oxygen atoms in total. The third-order valence-electron chi connectivity index (χ3n) is 3.65. The number of rotatable bonds is 2. The van der Waals surface area contributed by atoms with Gasteiger partial charge in [-0.15, -0.1) is 0 Å². The second-order valence-electron chi connectivity index (χ2n) is 5.46. The molecule has 4 heteroatoms. The van der Waals surface area contributed by atoms with Crippen molar-refractivity contribution < 1.29 is 9.47 Å². The van der Waals surface area contributed by atoms with E-state index in [0.29, 0.717) is 18.9 Å². The Bertz CT molecular complexity index is 662. The maximum absolute atomic E-state index is 6.18. The van der Waals surface area contributed by atoms with Crippen molar-refractivity contribution >= 4 is 17.1 Å². The zero-order chi connectivity index (χ0) is 15.0. The average Bonchev–Trinajstić information content (AvgIpc) is 2.44. The molecule has 0 saturated heterocycles. The second kappa shape index (κ2) is 5.20. The Kier molecular flexibility index (Phi) is 3.37. The maximum atomic E-state index is 6.18. The molecule has 0 aliphatic carbocycles. The Labute approximate surface area is 125 Å². The van der Waals surface area contributed by atoms with E-state index >= 15 is 0 Å². The number of benzene rings is 2. The summed E-state index contributed by atoms with van der Waals surface area (Å²) in [5, 5.41) is 0. The summed E-state index contributed by atoms with van der Waals surface area (Å²) in [6, 6.07) is 10.2. The number of nitrogens with two attached hydrogens (primary N) is 1. The van der Waals surface area contributed by atoms with Gasteiger partial charge in [-0.3, -0.25) is 0 Å². The highest BCUT2D eigenvalue weighted by Gasteiger charge is 2.17. The quantitative estimate of drug-likeness (QED) is 0.858. The molecule has 1 aliphatic rings. The van der Waals surface area contributed by atoms with Crippen LogP contribution in [0, 0.1) is 13.8 Å². The van der Waals surface area contributed by atoms with Crippen molar-refractivity contribution in [2.75, 3.05) is 30.9 Å². The van der Waals surface area contributed by atoms with E-state index in [1.165, 1.54) is 11.1 Å². The lowest BCUT2D eigenvalue weighted by molar-refractivity contribution is 0.172. The standard InChI is InChI=1S/C17H20N2O2/c1-11-6-12(2)8-13(7-11)19(3)15-10-17-16(9-14(15)18)20-4-5-21-17/h6-10H,4-5,18H2,1-3H3. The Hall–Kier alpha value is -2.36. The van der Waals surface area contributed by atoms with Crippen LogP contribution in [0.25, 0.3) is 0 Å². The number of fused-ring (bicyclic) bond motifs is 1. The van der Waals surface area contributed by atoms with E-state index in [2.05, 4.69) is 36.9 Å². The molecule has 0 amide bonds. The molecule has 21 heavy (non-hydrogen) atoms. The highest BCUT2D eigenvalue weighted by molar-refractivity contribution is 5.78. The zero-order valence-electron chi connectivity index (χ0n) is 12.6. The fourth-order valence-electron chi connectivity index (χ4n) is 2.67. The minimum atomic E-state index is 0.568. The lowest BCUT2D eigenvalue weighted by Gasteiger charge is -2.25. The summed E-state index contributed by atoms with van der Waals surface area (Å²) in [5.41, 5.74) is 11.4. The minimum Gasteiger partial charge on any atom is -0.486 e. The molecule has 3 rings (SSSR count). The molecule has 0 atom stereocenters. The van der Waals surface area contributed by atoms with Crippen molar-refractivity contribution in [3.63, 3.8) is 0 Å². The number of anilines is 3. The number of nitrogen functional groups attached to an aromatic ring is 1. The van der Waals surface area contributed by atoms with Crippen LogP contribution in [-0.4, -0.2) is 20.3 Å². The van der Waals surface area contributed by atoms with Gasteiger partial charge < -0.3 is 20.1 Å². The largest absolute Gasteiger partial charge is 0.486 e. The molecule has 0 aromatic heterocycles. The first-order valence-corrected chi connectivity index (χ1v) is 7.06. The predicted molar refractivity (Wildman–Crippen MR) is 85.8 cm³/mol. The summed E-state index contributed by atoms with van der Waals surface area (Å²) in [6.45, 7) is 5.33. The fraction of sp³-hybridized carbons (Fsp3) is 0.294. The topological polar surface area (TPSA) is 47.7 Å². The third-order valence-corrected chi connectivity index (χ3v) is 3.65. The van der Waals surface area contributed by atoms with Gasteiger partial charge in [-0.25, -0.2) is 0 Å². The van der Waals surface area contributed by atoms with E-state index in [1.807, 2.05) is 19.2 Å².